The Balaban J connectivity index is 1.48. The van der Waals surface area contributed by atoms with Crippen LogP contribution < -0.4 is 5.76 Å². The van der Waals surface area contributed by atoms with Crippen LogP contribution in [-0.4, -0.2) is 39.7 Å². The van der Waals surface area contributed by atoms with Gasteiger partial charge in [-0.15, -0.1) is 0 Å². The summed E-state index contributed by atoms with van der Waals surface area (Å²) in [4.78, 5) is 14.0. The highest BCUT2D eigenvalue weighted by Crippen LogP contribution is 2.55. The number of oxazole rings is 1. The lowest BCUT2D eigenvalue weighted by atomic mass is 9.55. The van der Waals surface area contributed by atoms with Gasteiger partial charge < -0.3 is 9.52 Å². The first-order chi connectivity index (χ1) is 17.3. The first kappa shape index (κ1) is 26.1. The highest BCUT2D eigenvalue weighted by Gasteiger charge is 2.57. The predicted octanol–water partition coefficient (Wildman–Crippen LogP) is 4.28. The second kappa shape index (κ2) is 8.74. The third-order valence-corrected chi connectivity index (χ3v) is 11.0. The molecule has 37 heavy (non-hydrogen) atoms. The van der Waals surface area contributed by atoms with Crippen LogP contribution in [0.4, 0.5) is 8.78 Å². The molecule has 1 aromatic carbocycles. The highest BCUT2D eigenvalue weighted by molar-refractivity contribution is 7.89. The van der Waals surface area contributed by atoms with Crippen molar-refractivity contribution in [1.82, 2.24) is 9.29 Å². The van der Waals surface area contributed by atoms with Crippen molar-refractivity contribution in [2.75, 3.05) is 0 Å². The maximum atomic E-state index is 15.6. The molecule has 0 bridgehead atoms. The Kier molecular flexibility index (Phi) is 6.16. The molecule has 10 heteroatoms. The van der Waals surface area contributed by atoms with Crippen molar-refractivity contribution in [3.05, 3.63) is 81.7 Å². The van der Waals surface area contributed by atoms with Gasteiger partial charge in [0.05, 0.1) is 16.3 Å². The Morgan fingerprint density at radius 2 is 1.89 bits per heavy atom. The summed E-state index contributed by atoms with van der Waals surface area (Å²) < 4.78 is 65.1. The van der Waals surface area contributed by atoms with E-state index in [9.17, 15) is 18.3 Å². The minimum atomic E-state index is -3.81. The van der Waals surface area contributed by atoms with E-state index in [4.69, 9.17) is 4.42 Å². The van der Waals surface area contributed by atoms with Crippen LogP contribution in [0, 0.1) is 17.0 Å². The number of sulfonamides is 1. The monoisotopic (exact) mass is 534 g/mol. The van der Waals surface area contributed by atoms with Crippen LogP contribution in [0.2, 0.25) is 0 Å². The van der Waals surface area contributed by atoms with E-state index < -0.39 is 49.1 Å². The summed E-state index contributed by atoms with van der Waals surface area (Å²) in [5.41, 5.74) is -3.03. The lowest BCUT2D eigenvalue weighted by Crippen LogP contribution is -2.54. The number of H-pyrrole nitrogens is 1. The number of rotatable bonds is 5. The zero-order valence-corrected chi connectivity index (χ0v) is 21.9. The van der Waals surface area contributed by atoms with E-state index in [2.05, 4.69) is 4.98 Å². The normalized spacial score (nSPS) is 35.4. The van der Waals surface area contributed by atoms with Gasteiger partial charge in [0.15, 0.2) is 0 Å². The molecule has 1 aliphatic heterocycles. The van der Waals surface area contributed by atoms with E-state index in [-0.39, 0.29) is 42.3 Å². The van der Waals surface area contributed by atoms with Gasteiger partial charge >= 0.3 is 5.76 Å². The lowest BCUT2D eigenvalue weighted by molar-refractivity contribution is -0.0687. The number of hydrogen-bond acceptors (Lipinski definition) is 5. The van der Waals surface area contributed by atoms with Crippen molar-refractivity contribution in [2.45, 2.75) is 81.7 Å². The Bertz CT molecular complexity index is 1430. The first-order valence-corrected chi connectivity index (χ1v) is 14.0. The summed E-state index contributed by atoms with van der Waals surface area (Å²) in [6, 6.07) is 1.71. The largest absolute Gasteiger partial charge is 0.416 e. The zero-order valence-electron chi connectivity index (χ0n) is 21.1. The predicted molar refractivity (Wildman–Crippen MR) is 134 cm³/mol. The van der Waals surface area contributed by atoms with Crippen LogP contribution in [0.25, 0.3) is 0 Å². The number of nitrogens with one attached hydrogen (secondary N) is 1. The summed E-state index contributed by atoms with van der Waals surface area (Å²) in [7, 11) is -3.81. The van der Waals surface area contributed by atoms with E-state index in [1.165, 1.54) is 10.5 Å². The van der Waals surface area contributed by atoms with Crippen molar-refractivity contribution < 1.29 is 26.7 Å². The number of benzene rings is 1. The number of nitrogens with zero attached hydrogens (tertiary/aromatic N) is 1. The maximum absolute atomic E-state index is 15.6. The fourth-order valence-corrected chi connectivity index (χ4v) is 9.05. The number of allylic oxidation sites excluding steroid dienone is 4. The van der Waals surface area contributed by atoms with Crippen molar-refractivity contribution in [3.63, 3.8) is 0 Å². The Hall–Kier alpha value is -2.56. The number of aromatic nitrogens is 1. The third-order valence-electron chi connectivity index (χ3n) is 8.38. The van der Waals surface area contributed by atoms with Gasteiger partial charge in [0.2, 0.25) is 10.0 Å². The van der Waals surface area contributed by atoms with Gasteiger partial charge in [0, 0.05) is 35.3 Å². The molecule has 0 amide bonds. The molecule has 5 rings (SSSR count). The summed E-state index contributed by atoms with van der Waals surface area (Å²) in [5.74, 6) is -2.11. The summed E-state index contributed by atoms with van der Waals surface area (Å²) in [5, 5.41) is 9.76. The van der Waals surface area contributed by atoms with Crippen LogP contribution >= 0.6 is 0 Å². The van der Waals surface area contributed by atoms with Crippen molar-refractivity contribution in [3.8, 4) is 0 Å². The SMILES string of the molecule is C[C@H]1CC[C@H](C2(C)C=CC=CC2)S(=O)(=O)N1Cc1cc(F)c(C2(c3c[nH]c(=O)o3)CC(C)(O)C2)cc1F. The van der Waals surface area contributed by atoms with E-state index >= 15 is 8.78 Å². The topological polar surface area (TPSA) is 104 Å². The molecule has 7 nitrogen and oxygen atoms in total. The zero-order chi connectivity index (χ0) is 26.8. The molecule has 0 spiro atoms. The standard InChI is InChI=1S/C27H32F2N2O5S/c1-17-7-8-23(25(2)9-5-4-6-10-25)37(34,35)31(17)14-18-11-21(29)19(12-20(18)28)27(15-26(3,33)16-27)22-13-30-24(32)36-22/h4-6,9,11-13,17,23,33H,7-8,10,14-16H2,1-3H3,(H,30,32)/t17-,23+,25?,26?,27?/m0/s1. The molecule has 1 saturated heterocycles. The van der Waals surface area contributed by atoms with E-state index in [1.54, 1.807) is 13.8 Å². The van der Waals surface area contributed by atoms with Gasteiger partial charge in [-0.25, -0.2) is 22.0 Å². The van der Waals surface area contributed by atoms with Crippen LogP contribution in [0.5, 0.6) is 0 Å². The summed E-state index contributed by atoms with van der Waals surface area (Å²) in [6.45, 7) is 5.00. The molecule has 2 heterocycles. The molecule has 3 aliphatic rings. The number of halogens is 2. The third kappa shape index (κ3) is 4.32. The number of hydrogen-bond donors (Lipinski definition) is 2. The molecule has 3 atom stereocenters. The van der Waals surface area contributed by atoms with Crippen molar-refractivity contribution in [2.24, 2.45) is 5.41 Å². The van der Waals surface area contributed by atoms with E-state index in [1.807, 2.05) is 31.2 Å². The molecule has 1 aromatic heterocycles. The molecule has 2 fully saturated rings. The average molecular weight is 535 g/mol. The molecule has 1 unspecified atom stereocenters. The van der Waals surface area contributed by atoms with Gasteiger partial charge in [-0.2, -0.15) is 4.31 Å². The first-order valence-electron chi connectivity index (χ1n) is 12.5. The van der Waals surface area contributed by atoms with E-state index in [0.717, 1.165) is 12.1 Å². The van der Waals surface area contributed by atoms with Crippen molar-refractivity contribution in [1.29, 1.82) is 0 Å². The van der Waals surface area contributed by atoms with Gasteiger partial charge in [-0.3, -0.25) is 4.98 Å². The molecule has 2 aromatic rings. The van der Waals surface area contributed by atoms with Gasteiger partial charge in [0.25, 0.3) is 0 Å². The minimum absolute atomic E-state index is 0.0380. The van der Waals surface area contributed by atoms with Gasteiger partial charge in [-0.05, 0) is 58.1 Å². The average Bonchev–Trinajstić information content (AvgIpc) is 3.23. The summed E-state index contributed by atoms with van der Waals surface area (Å²) in [6.07, 6.45) is 10.7. The summed E-state index contributed by atoms with van der Waals surface area (Å²) >= 11 is 0. The fraction of sp³-hybridized carbons (Fsp3) is 0.519. The number of aromatic amines is 1. The Labute approximate surface area is 214 Å². The minimum Gasteiger partial charge on any atom is -0.412 e. The molecule has 0 radical (unpaired) electrons. The highest BCUT2D eigenvalue weighted by atomic mass is 32.2. The van der Waals surface area contributed by atoms with Crippen LogP contribution in [-0.2, 0) is 22.0 Å². The fourth-order valence-electron chi connectivity index (χ4n) is 6.51. The van der Waals surface area contributed by atoms with Crippen LogP contribution in [0.15, 0.2) is 51.8 Å². The molecule has 2 aliphatic carbocycles. The quantitative estimate of drug-likeness (QED) is 0.596. The van der Waals surface area contributed by atoms with Crippen LogP contribution in [0.1, 0.15) is 69.8 Å². The molecule has 1 saturated carbocycles. The maximum Gasteiger partial charge on any atom is 0.416 e. The van der Waals surface area contributed by atoms with Crippen molar-refractivity contribution >= 4 is 10.0 Å². The lowest BCUT2D eigenvalue weighted by Gasteiger charge is -2.50. The van der Waals surface area contributed by atoms with Gasteiger partial charge in [0.1, 0.15) is 17.4 Å². The molecular weight excluding hydrogens is 502 g/mol. The second-order valence-corrected chi connectivity index (χ2v) is 13.5. The van der Waals surface area contributed by atoms with Gasteiger partial charge in [-0.1, -0.05) is 31.2 Å². The van der Waals surface area contributed by atoms with E-state index in [0.29, 0.717) is 19.3 Å². The van der Waals surface area contributed by atoms with Crippen LogP contribution in [0.3, 0.4) is 0 Å². The smallest absolute Gasteiger partial charge is 0.412 e. The second-order valence-electron chi connectivity index (χ2n) is 11.4. The Morgan fingerprint density at radius 3 is 2.49 bits per heavy atom. The Morgan fingerprint density at radius 1 is 1.16 bits per heavy atom. The number of aliphatic hydroxyl groups is 1. The molecule has 200 valence electrons. The molecule has 2 N–H and O–H groups in total. The molecular formula is C27H32F2N2O5S.